The van der Waals surface area contributed by atoms with E-state index in [4.69, 9.17) is 4.74 Å². The van der Waals surface area contributed by atoms with Crippen LogP contribution < -0.4 is 4.74 Å². The number of rotatable bonds is 4. The van der Waals surface area contributed by atoms with Crippen molar-refractivity contribution in [2.24, 2.45) is 0 Å². The summed E-state index contributed by atoms with van der Waals surface area (Å²) in [5, 5.41) is 11.0. The molecule has 0 saturated heterocycles. The molecule has 2 aromatic heterocycles. The number of hydrogen-bond donors (Lipinski definition) is 0. The molecule has 6 nitrogen and oxygen atoms in total. The van der Waals surface area contributed by atoms with Gasteiger partial charge in [0.25, 0.3) is 5.69 Å². The second kappa shape index (κ2) is 5.57. The van der Waals surface area contributed by atoms with Crippen LogP contribution >= 0.6 is 0 Å². The molecule has 2 heterocycles. The van der Waals surface area contributed by atoms with E-state index >= 15 is 0 Å². The fourth-order valence-electron chi connectivity index (χ4n) is 2.67. The second-order valence-electron chi connectivity index (χ2n) is 5.20. The van der Waals surface area contributed by atoms with Crippen molar-refractivity contribution in [1.82, 2.24) is 4.40 Å². The molecular weight excluding hydrogens is 296 g/mol. The second-order valence-corrected chi connectivity index (χ2v) is 5.20. The van der Waals surface area contributed by atoms with Crippen LogP contribution in [-0.2, 0) is 0 Å². The summed E-state index contributed by atoms with van der Waals surface area (Å²) in [6, 6.07) is 10.0. The third kappa shape index (κ3) is 2.44. The number of benzene rings is 1. The number of hydrogen-bond acceptors (Lipinski definition) is 4. The van der Waals surface area contributed by atoms with Gasteiger partial charge in [0.2, 0.25) is 0 Å². The first kappa shape index (κ1) is 14.8. The van der Waals surface area contributed by atoms with Gasteiger partial charge in [-0.05, 0) is 36.8 Å². The third-order valence-electron chi connectivity index (χ3n) is 3.76. The molecule has 0 aliphatic heterocycles. The van der Waals surface area contributed by atoms with Gasteiger partial charge >= 0.3 is 0 Å². The van der Waals surface area contributed by atoms with Crippen molar-refractivity contribution < 1.29 is 14.5 Å². The third-order valence-corrected chi connectivity index (χ3v) is 3.76. The Bertz CT molecular complexity index is 928. The van der Waals surface area contributed by atoms with E-state index in [-0.39, 0.29) is 5.69 Å². The van der Waals surface area contributed by atoms with E-state index in [1.165, 1.54) is 25.3 Å². The molecule has 0 spiro atoms. The van der Waals surface area contributed by atoms with Crippen LogP contribution in [0.1, 0.15) is 16.1 Å². The quantitative estimate of drug-likeness (QED) is 0.419. The van der Waals surface area contributed by atoms with Gasteiger partial charge in [0, 0.05) is 35.0 Å². The summed E-state index contributed by atoms with van der Waals surface area (Å²) in [5.41, 5.74) is 3.40. The molecule has 116 valence electrons. The number of carbonyl (C=O) groups is 1. The zero-order valence-electron chi connectivity index (χ0n) is 12.6. The highest BCUT2D eigenvalue weighted by Crippen LogP contribution is 2.36. The predicted octanol–water partition coefficient (Wildman–Crippen LogP) is 3.64. The Morgan fingerprint density at radius 3 is 2.61 bits per heavy atom. The number of fused-ring (bicyclic) bond motifs is 1. The molecule has 0 amide bonds. The highest BCUT2D eigenvalue weighted by molar-refractivity contribution is 5.92. The van der Waals surface area contributed by atoms with Gasteiger partial charge < -0.3 is 9.14 Å². The van der Waals surface area contributed by atoms with Gasteiger partial charge in [-0.2, -0.15) is 0 Å². The van der Waals surface area contributed by atoms with Crippen molar-refractivity contribution in [2.75, 3.05) is 7.11 Å². The van der Waals surface area contributed by atoms with Gasteiger partial charge in [0.05, 0.1) is 17.7 Å². The summed E-state index contributed by atoms with van der Waals surface area (Å²) in [7, 11) is 1.49. The number of methoxy groups -OCH3 is 1. The maximum atomic E-state index is 11.6. The molecule has 0 N–H and O–H groups in total. The number of nitro groups is 1. The first-order valence-electron chi connectivity index (χ1n) is 6.95. The van der Waals surface area contributed by atoms with Crippen LogP contribution in [0.2, 0.25) is 0 Å². The molecule has 0 aliphatic carbocycles. The van der Waals surface area contributed by atoms with Crippen molar-refractivity contribution >= 4 is 17.5 Å². The number of aromatic nitrogens is 1. The maximum Gasteiger partial charge on any atom is 0.270 e. The van der Waals surface area contributed by atoms with Gasteiger partial charge in [-0.25, -0.2) is 0 Å². The molecule has 6 heteroatoms. The minimum Gasteiger partial charge on any atom is -0.496 e. The van der Waals surface area contributed by atoms with Gasteiger partial charge in [0.1, 0.15) is 5.75 Å². The summed E-state index contributed by atoms with van der Waals surface area (Å²) in [6.07, 6.45) is 2.55. The number of aldehydes is 1. The normalized spacial score (nSPS) is 10.7. The van der Waals surface area contributed by atoms with Crippen LogP contribution in [0, 0.1) is 17.0 Å². The largest absolute Gasteiger partial charge is 0.496 e. The molecule has 1 aromatic carbocycles. The lowest BCUT2D eigenvalue weighted by atomic mass is 10.0. The van der Waals surface area contributed by atoms with Gasteiger partial charge in [-0.1, -0.05) is 0 Å². The topological polar surface area (TPSA) is 73.8 Å². The molecule has 3 rings (SSSR count). The lowest BCUT2D eigenvalue weighted by molar-refractivity contribution is -0.384. The minimum absolute atomic E-state index is 0.0518. The monoisotopic (exact) mass is 310 g/mol. The number of pyridine rings is 1. The summed E-state index contributed by atoms with van der Waals surface area (Å²) in [4.78, 5) is 22.2. The maximum absolute atomic E-state index is 11.6. The summed E-state index contributed by atoms with van der Waals surface area (Å²) < 4.78 is 7.06. The Morgan fingerprint density at radius 1 is 1.17 bits per heavy atom. The first-order valence-corrected chi connectivity index (χ1v) is 6.95. The average molecular weight is 310 g/mol. The fourth-order valence-corrected chi connectivity index (χ4v) is 2.67. The Kier molecular flexibility index (Phi) is 3.57. The van der Waals surface area contributed by atoms with E-state index in [0.29, 0.717) is 22.6 Å². The SMILES string of the molecule is COc1ccc([N+](=O)[O-])cc1-c1cc2cc(C)ccn2c1C=O. The van der Waals surface area contributed by atoms with E-state index in [1.807, 2.05) is 31.3 Å². The lowest BCUT2D eigenvalue weighted by Gasteiger charge is -2.07. The van der Waals surface area contributed by atoms with Crippen LogP contribution in [0.5, 0.6) is 5.75 Å². The van der Waals surface area contributed by atoms with E-state index in [9.17, 15) is 14.9 Å². The molecule has 0 aliphatic rings. The van der Waals surface area contributed by atoms with E-state index in [2.05, 4.69) is 0 Å². The van der Waals surface area contributed by atoms with E-state index in [0.717, 1.165) is 17.4 Å². The number of aryl methyl sites for hydroxylation is 1. The van der Waals surface area contributed by atoms with Crippen molar-refractivity contribution in [3.8, 4) is 16.9 Å². The van der Waals surface area contributed by atoms with Crippen LogP contribution in [-0.4, -0.2) is 22.7 Å². The first-order chi connectivity index (χ1) is 11.0. The van der Waals surface area contributed by atoms with E-state index in [1.54, 1.807) is 4.40 Å². The number of carbonyl (C=O) groups excluding carboxylic acids is 1. The highest BCUT2D eigenvalue weighted by atomic mass is 16.6. The number of ether oxygens (including phenoxy) is 1. The zero-order chi connectivity index (χ0) is 16.6. The van der Waals surface area contributed by atoms with Crippen molar-refractivity contribution in [1.29, 1.82) is 0 Å². The van der Waals surface area contributed by atoms with Crippen molar-refractivity contribution in [3.05, 3.63) is 64.0 Å². The lowest BCUT2D eigenvalue weighted by Crippen LogP contribution is -1.95. The van der Waals surface area contributed by atoms with Gasteiger partial charge in [-0.15, -0.1) is 0 Å². The zero-order valence-corrected chi connectivity index (χ0v) is 12.6. The molecule has 0 radical (unpaired) electrons. The van der Waals surface area contributed by atoms with Gasteiger partial charge in [-0.3, -0.25) is 14.9 Å². The molecule has 0 fully saturated rings. The van der Waals surface area contributed by atoms with Crippen molar-refractivity contribution in [2.45, 2.75) is 6.92 Å². The van der Waals surface area contributed by atoms with Gasteiger partial charge in [0.15, 0.2) is 6.29 Å². The Balaban J connectivity index is 2.33. The Labute approximate surface area is 132 Å². The molecule has 0 saturated carbocycles. The fraction of sp³-hybridized carbons (Fsp3) is 0.118. The predicted molar refractivity (Wildman–Crippen MR) is 86.2 cm³/mol. The Morgan fingerprint density at radius 2 is 1.96 bits per heavy atom. The molecular formula is C17H14N2O4. The van der Waals surface area contributed by atoms with Crippen molar-refractivity contribution in [3.63, 3.8) is 0 Å². The number of non-ortho nitro benzene ring substituents is 1. The number of nitrogens with zero attached hydrogens (tertiary/aromatic N) is 2. The summed E-state index contributed by atoms with van der Waals surface area (Å²) in [6.45, 7) is 1.96. The van der Waals surface area contributed by atoms with Crippen LogP contribution in [0.15, 0.2) is 42.6 Å². The van der Waals surface area contributed by atoms with Crippen LogP contribution in [0.4, 0.5) is 5.69 Å². The standard InChI is InChI=1S/C17H14N2O4/c1-11-5-6-18-13(7-11)9-14(16(18)10-20)15-8-12(19(21)22)3-4-17(15)23-2/h3-10H,1-2H3. The smallest absolute Gasteiger partial charge is 0.270 e. The number of nitro benzene ring substituents is 1. The average Bonchev–Trinajstić information content (AvgIpc) is 2.91. The molecule has 0 unspecified atom stereocenters. The Hall–Kier alpha value is -3.15. The minimum atomic E-state index is -0.469. The highest BCUT2D eigenvalue weighted by Gasteiger charge is 2.18. The molecule has 0 bridgehead atoms. The van der Waals surface area contributed by atoms with Crippen LogP contribution in [0.25, 0.3) is 16.6 Å². The molecule has 23 heavy (non-hydrogen) atoms. The summed E-state index contributed by atoms with van der Waals surface area (Å²) >= 11 is 0. The molecule has 0 atom stereocenters. The van der Waals surface area contributed by atoms with Crippen LogP contribution in [0.3, 0.4) is 0 Å². The molecule has 3 aromatic rings. The van der Waals surface area contributed by atoms with E-state index < -0.39 is 4.92 Å². The summed E-state index contributed by atoms with van der Waals surface area (Å²) in [5.74, 6) is 0.478.